The molecule has 0 saturated heterocycles. The number of aryl methyl sites for hydroxylation is 2. The highest BCUT2D eigenvalue weighted by molar-refractivity contribution is 5.88. The summed E-state index contributed by atoms with van der Waals surface area (Å²) in [7, 11) is 1.86. The van der Waals surface area contributed by atoms with Crippen LogP contribution in [0.25, 0.3) is 11.0 Å². The van der Waals surface area contributed by atoms with Crippen molar-refractivity contribution in [2.75, 3.05) is 5.32 Å². The minimum atomic E-state index is 0.548. The molecule has 4 aromatic rings. The molecule has 25 heavy (non-hydrogen) atoms. The normalized spacial score (nSPS) is 10.8. The van der Waals surface area contributed by atoms with Gasteiger partial charge < -0.3 is 10.1 Å². The molecule has 0 aliphatic heterocycles. The lowest BCUT2D eigenvalue weighted by Gasteiger charge is -2.10. The molecule has 0 saturated carbocycles. The third-order valence-corrected chi connectivity index (χ3v) is 3.66. The Morgan fingerprint density at radius 3 is 2.84 bits per heavy atom. The van der Waals surface area contributed by atoms with Gasteiger partial charge in [-0.2, -0.15) is 5.10 Å². The summed E-state index contributed by atoms with van der Waals surface area (Å²) in [5.74, 6) is 2.63. The number of aromatic nitrogens is 5. The Hall–Kier alpha value is -3.48. The van der Waals surface area contributed by atoms with Gasteiger partial charge in [0.15, 0.2) is 5.65 Å². The van der Waals surface area contributed by atoms with Gasteiger partial charge in [0.05, 0.1) is 11.6 Å². The van der Waals surface area contributed by atoms with Crippen molar-refractivity contribution in [2.45, 2.75) is 6.92 Å². The van der Waals surface area contributed by atoms with E-state index in [0.717, 1.165) is 16.7 Å². The number of rotatable bonds is 4. The third-order valence-electron chi connectivity index (χ3n) is 3.66. The van der Waals surface area contributed by atoms with Crippen molar-refractivity contribution in [3.05, 3.63) is 60.7 Å². The fraction of sp³-hybridized carbons (Fsp3) is 0.111. The van der Waals surface area contributed by atoms with Crippen LogP contribution in [0.3, 0.4) is 0 Å². The second-order valence-corrected chi connectivity index (χ2v) is 5.55. The molecule has 0 fully saturated rings. The van der Waals surface area contributed by atoms with E-state index in [1.807, 2.05) is 56.4 Å². The zero-order chi connectivity index (χ0) is 17.2. The summed E-state index contributed by atoms with van der Waals surface area (Å²) in [6.07, 6.45) is 3.45. The van der Waals surface area contributed by atoms with E-state index in [1.54, 1.807) is 17.1 Å². The molecule has 3 aromatic heterocycles. The predicted molar refractivity (Wildman–Crippen MR) is 95.1 cm³/mol. The molecule has 0 radical (unpaired) electrons. The van der Waals surface area contributed by atoms with E-state index in [2.05, 4.69) is 25.4 Å². The summed E-state index contributed by atoms with van der Waals surface area (Å²) in [5.41, 5.74) is 1.65. The Morgan fingerprint density at radius 1 is 1.08 bits per heavy atom. The SMILES string of the molecule is Cc1nc(Nc2cccc(Oc3ccccn3)c2)c2cnn(C)c2n1. The van der Waals surface area contributed by atoms with Gasteiger partial charge in [0.2, 0.25) is 5.88 Å². The van der Waals surface area contributed by atoms with Crippen LogP contribution in [-0.4, -0.2) is 24.7 Å². The lowest BCUT2D eigenvalue weighted by atomic mass is 10.3. The number of hydrogen-bond donors (Lipinski definition) is 1. The highest BCUT2D eigenvalue weighted by atomic mass is 16.5. The van der Waals surface area contributed by atoms with Crippen LogP contribution in [-0.2, 0) is 7.05 Å². The van der Waals surface area contributed by atoms with E-state index in [9.17, 15) is 0 Å². The molecule has 0 aliphatic rings. The molecule has 0 atom stereocenters. The van der Waals surface area contributed by atoms with Gasteiger partial charge in [-0.05, 0) is 25.1 Å². The van der Waals surface area contributed by atoms with Crippen molar-refractivity contribution in [3.63, 3.8) is 0 Å². The number of nitrogens with zero attached hydrogens (tertiary/aromatic N) is 5. The van der Waals surface area contributed by atoms with Crippen molar-refractivity contribution < 1.29 is 4.74 Å². The molecule has 0 spiro atoms. The molecule has 7 nitrogen and oxygen atoms in total. The van der Waals surface area contributed by atoms with Crippen LogP contribution in [0.1, 0.15) is 5.82 Å². The Bertz CT molecular complexity index is 1030. The number of ether oxygens (including phenoxy) is 1. The first-order valence-electron chi connectivity index (χ1n) is 7.81. The summed E-state index contributed by atoms with van der Waals surface area (Å²) in [4.78, 5) is 13.1. The average molecular weight is 332 g/mol. The molecule has 0 unspecified atom stereocenters. The van der Waals surface area contributed by atoms with Gasteiger partial charge in [-0.15, -0.1) is 0 Å². The maximum atomic E-state index is 5.77. The van der Waals surface area contributed by atoms with Crippen molar-refractivity contribution in [1.82, 2.24) is 24.7 Å². The summed E-state index contributed by atoms with van der Waals surface area (Å²) in [6, 6.07) is 13.2. The quantitative estimate of drug-likeness (QED) is 0.615. The minimum absolute atomic E-state index is 0.548. The molecule has 0 aliphatic carbocycles. The third kappa shape index (κ3) is 3.12. The summed E-state index contributed by atoms with van der Waals surface area (Å²) < 4.78 is 7.50. The maximum absolute atomic E-state index is 5.77. The molecule has 3 heterocycles. The van der Waals surface area contributed by atoms with Crippen LogP contribution in [0.5, 0.6) is 11.6 Å². The predicted octanol–water partition coefficient (Wildman–Crippen LogP) is 3.60. The topological polar surface area (TPSA) is 77.8 Å². The van der Waals surface area contributed by atoms with E-state index in [-0.39, 0.29) is 0 Å². The molecule has 7 heteroatoms. The molecule has 1 aromatic carbocycles. The number of nitrogens with one attached hydrogen (secondary N) is 1. The van der Waals surface area contributed by atoms with E-state index < -0.39 is 0 Å². The van der Waals surface area contributed by atoms with Crippen LogP contribution in [0, 0.1) is 6.92 Å². The highest BCUT2D eigenvalue weighted by Crippen LogP contribution is 2.27. The van der Waals surface area contributed by atoms with Gasteiger partial charge in [0, 0.05) is 31.1 Å². The molecule has 0 amide bonds. The lowest BCUT2D eigenvalue weighted by molar-refractivity contribution is 0.463. The second-order valence-electron chi connectivity index (χ2n) is 5.55. The molecular formula is C18H16N6O. The first kappa shape index (κ1) is 15.1. The summed E-state index contributed by atoms with van der Waals surface area (Å²) in [5, 5.41) is 8.44. The standard InChI is InChI=1S/C18H16N6O/c1-12-21-17(15-11-20-24(2)18(15)22-12)23-13-6-5-7-14(10-13)25-16-8-3-4-9-19-16/h3-11H,1-2H3,(H,21,22,23). The highest BCUT2D eigenvalue weighted by Gasteiger charge is 2.10. The van der Waals surface area contributed by atoms with Gasteiger partial charge in [0.1, 0.15) is 17.4 Å². The van der Waals surface area contributed by atoms with E-state index in [4.69, 9.17) is 4.74 Å². The molecule has 124 valence electrons. The Morgan fingerprint density at radius 2 is 2.00 bits per heavy atom. The van der Waals surface area contributed by atoms with Crippen LogP contribution in [0.2, 0.25) is 0 Å². The van der Waals surface area contributed by atoms with Crippen molar-refractivity contribution in [1.29, 1.82) is 0 Å². The first-order chi connectivity index (χ1) is 12.2. The lowest BCUT2D eigenvalue weighted by Crippen LogP contribution is -2.00. The summed E-state index contributed by atoms with van der Waals surface area (Å²) >= 11 is 0. The van der Waals surface area contributed by atoms with Crippen LogP contribution in [0.15, 0.2) is 54.9 Å². The van der Waals surface area contributed by atoms with Crippen molar-refractivity contribution in [2.24, 2.45) is 7.05 Å². The largest absolute Gasteiger partial charge is 0.439 e. The summed E-state index contributed by atoms with van der Waals surface area (Å²) in [6.45, 7) is 1.86. The first-order valence-corrected chi connectivity index (χ1v) is 7.81. The number of benzene rings is 1. The minimum Gasteiger partial charge on any atom is -0.439 e. The smallest absolute Gasteiger partial charge is 0.219 e. The maximum Gasteiger partial charge on any atom is 0.219 e. The fourth-order valence-electron chi connectivity index (χ4n) is 2.53. The van der Waals surface area contributed by atoms with Crippen molar-refractivity contribution in [3.8, 4) is 11.6 Å². The monoisotopic (exact) mass is 332 g/mol. The van der Waals surface area contributed by atoms with Gasteiger partial charge in [-0.3, -0.25) is 4.68 Å². The van der Waals surface area contributed by atoms with Crippen LogP contribution >= 0.6 is 0 Å². The number of hydrogen-bond acceptors (Lipinski definition) is 6. The Balaban J connectivity index is 1.64. The average Bonchev–Trinajstić information content (AvgIpc) is 2.97. The van der Waals surface area contributed by atoms with Gasteiger partial charge in [-0.25, -0.2) is 15.0 Å². The Kier molecular flexibility index (Phi) is 3.74. The molecule has 4 rings (SSSR count). The zero-order valence-corrected chi connectivity index (χ0v) is 13.8. The van der Waals surface area contributed by atoms with Crippen LogP contribution in [0.4, 0.5) is 11.5 Å². The van der Waals surface area contributed by atoms with Gasteiger partial charge in [0.25, 0.3) is 0 Å². The second kappa shape index (κ2) is 6.20. The fourth-order valence-corrected chi connectivity index (χ4v) is 2.53. The molecular weight excluding hydrogens is 316 g/mol. The number of pyridine rings is 1. The molecule has 0 bridgehead atoms. The van der Waals surface area contributed by atoms with Gasteiger partial charge >= 0.3 is 0 Å². The number of fused-ring (bicyclic) bond motifs is 1. The van der Waals surface area contributed by atoms with E-state index >= 15 is 0 Å². The van der Waals surface area contributed by atoms with E-state index in [0.29, 0.717) is 23.3 Å². The zero-order valence-electron chi connectivity index (χ0n) is 13.8. The van der Waals surface area contributed by atoms with Gasteiger partial charge in [-0.1, -0.05) is 12.1 Å². The molecule has 1 N–H and O–H groups in total. The Labute approximate surface area is 144 Å². The number of anilines is 2. The van der Waals surface area contributed by atoms with Crippen molar-refractivity contribution >= 4 is 22.5 Å². The van der Waals surface area contributed by atoms with E-state index in [1.165, 1.54) is 0 Å². The van der Waals surface area contributed by atoms with Crippen LogP contribution < -0.4 is 10.1 Å².